The quantitative estimate of drug-likeness (QED) is 0.134. The molecule has 8 aliphatic rings. The molecule has 7 heteroatoms. The first-order valence-electron chi connectivity index (χ1n) is 22.1. The zero-order chi connectivity index (χ0) is 41.4. The number of ether oxygens (including phenoxy) is 1. The standard InChI is InChI=1S/C52H59NO6/c1-45(2)48(5)26-29-52(45,59-44(48)57)43(56)53(32-34-12-8-6-9-13-34)33-50(58)25-22-41-47(50,4)24-21-40-46(3)23-20-38(54)30-49(46)27-28-51(40,41)39(31-49)42(55)37-18-16-36(17-19-37)35-14-10-7-11-15-35/h6-19,27-28,31,38,40-41,54,58H,20-26,29-30,32-33H2,1-5H3. The molecule has 0 aromatic heterocycles. The second-order valence-corrected chi connectivity index (χ2v) is 20.9. The van der Waals surface area contributed by atoms with Crippen molar-refractivity contribution in [2.45, 2.75) is 116 Å². The van der Waals surface area contributed by atoms with Crippen molar-refractivity contribution in [3.63, 3.8) is 0 Å². The molecule has 2 N–H and O–H groups in total. The molecule has 4 saturated carbocycles. The van der Waals surface area contributed by atoms with Crippen molar-refractivity contribution in [2.24, 2.45) is 44.3 Å². The first-order chi connectivity index (χ1) is 28.0. The number of amides is 1. The maximum absolute atomic E-state index is 15.3. The Morgan fingerprint density at radius 2 is 1.37 bits per heavy atom. The number of hydrogen-bond donors (Lipinski definition) is 2. The van der Waals surface area contributed by atoms with Crippen LogP contribution in [0.15, 0.2) is 109 Å². The maximum atomic E-state index is 15.3. The molecule has 10 unspecified atom stereocenters. The van der Waals surface area contributed by atoms with E-state index in [4.69, 9.17) is 4.74 Å². The van der Waals surface area contributed by atoms with Gasteiger partial charge >= 0.3 is 5.97 Å². The molecule has 3 aromatic carbocycles. The van der Waals surface area contributed by atoms with Crippen LogP contribution in [0.1, 0.15) is 108 Å². The van der Waals surface area contributed by atoms with Crippen LogP contribution in [0, 0.1) is 44.3 Å². The summed E-state index contributed by atoms with van der Waals surface area (Å²) in [7, 11) is 0. The van der Waals surface area contributed by atoms with Gasteiger partial charge in [0, 0.05) is 39.3 Å². The Hall–Kier alpha value is -4.33. The summed E-state index contributed by atoms with van der Waals surface area (Å²) in [5, 5.41) is 24.6. The zero-order valence-corrected chi connectivity index (χ0v) is 35.3. The highest BCUT2D eigenvalue weighted by Crippen LogP contribution is 2.78. The molecule has 0 radical (unpaired) electrons. The van der Waals surface area contributed by atoms with E-state index in [1.165, 1.54) is 0 Å². The van der Waals surface area contributed by atoms with Gasteiger partial charge in [-0.1, -0.05) is 131 Å². The number of Topliss-reactive ketones (excluding diaryl/α,β-unsaturated/α-hetero) is 1. The highest BCUT2D eigenvalue weighted by atomic mass is 16.6. The number of esters is 1. The molecule has 4 bridgehead atoms. The summed E-state index contributed by atoms with van der Waals surface area (Å²) in [6.07, 6.45) is 12.5. The van der Waals surface area contributed by atoms with Crippen LogP contribution in [0.3, 0.4) is 0 Å². The Labute approximate surface area is 348 Å². The molecule has 1 heterocycles. The Balaban J connectivity index is 1.05. The number of ketones is 1. The van der Waals surface area contributed by atoms with Crippen LogP contribution in [0.4, 0.5) is 0 Å². The van der Waals surface area contributed by atoms with Crippen molar-refractivity contribution in [1.82, 2.24) is 4.90 Å². The summed E-state index contributed by atoms with van der Waals surface area (Å²) in [5.41, 5.74) is -1.39. The van der Waals surface area contributed by atoms with Crippen molar-refractivity contribution < 1.29 is 29.3 Å². The first-order valence-corrected chi connectivity index (χ1v) is 22.1. The Kier molecular flexibility index (Phi) is 8.30. The number of aliphatic hydroxyl groups is 2. The summed E-state index contributed by atoms with van der Waals surface area (Å²) in [6.45, 7) is 10.9. The third-order valence-electron chi connectivity index (χ3n) is 18.6. The molecule has 308 valence electrons. The third kappa shape index (κ3) is 4.86. The monoisotopic (exact) mass is 793 g/mol. The normalized spacial score (nSPS) is 40.8. The lowest BCUT2D eigenvalue weighted by atomic mass is 9.32. The fraction of sp³-hybridized carbons (Fsp3) is 0.519. The van der Waals surface area contributed by atoms with Crippen LogP contribution in [0.25, 0.3) is 11.1 Å². The molecule has 3 aromatic rings. The smallest absolute Gasteiger partial charge is 0.313 e. The molecular weight excluding hydrogens is 735 g/mol. The van der Waals surface area contributed by atoms with Gasteiger partial charge < -0.3 is 19.8 Å². The lowest BCUT2D eigenvalue weighted by molar-refractivity contribution is -0.187. The highest BCUT2D eigenvalue weighted by molar-refractivity contribution is 6.10. The lowest BCUT2D eigenvalue weighted by Crippen LogP contribution is -2.67. The minimum atomic E-state index is -1.31. The van der Waals surface area contributed by atoms with Crippen LogP contribution >= 0.6 is 0 Å². The van der Waals surface area contributed by atoms with E-state index in [9.17, 15) is 15.0 Å². The summed E-state index contributed by atoms with van der Waals surface area (Å²) >= 11 is 0. The number of hydrogen-bond acceptors (Lipinski definition) is 6. The predicted molar refractivity (Wildman–Crippen MR) is 227 cm³/mol. The molecular formula is C52H59NO6. The van der Waals surface area contributed by atoms with E-state index < -0.39 is 44.4 Å². The molecule has 5 fully saturated rings. The van der Waals surface area contributed by atoms with Gasteiger partial charge in [0.15, 0.2) is 11.4 Å². The van der Waals surface area contributed by atoms with Crippen LogP contribution in [0.2, 0.25) is 0 Å². The summed E-state index contributed by atoms with van der Waals surface area (Å²) in [6, 6.07) is 28.1. The van der Waals surface area contributed by atoms with Gasteiger partial charge in [-0.15, -0.1) is 0 Å². The Morgan fingerprint density at radius 1 is 0.746 bits per heavy atom. The van der Waals surface area contributed by atoms with Crippen LogP contribution in [0.5, 0.6) is 0 Å². The van der Waals surface area contributed by atoms with Gasteiger partial charge in [-0.3, -0.25) is 14.4 Å². The van der Waals surface area contributed by atoms with E-state index in [2.05, 4.69) is 44.2 Å². The summed E-state index contributed by atoms with van der Waals surface area (Å²) in [4.78, 5) is 45.8. The van der Waals surface area contributed by atoms with Crippen molar-refractivity contribution >= 4 is 17.7 Å². The largest absolute Gasteiger partial charge is 0.448 e. The fourth-order valence-corrected chi connectivity index (χ4v) is 14.5. The topological polar surface area (TPSA) is 104 Å². The number of nitrogens with zero attached hydrogens (tertiary/aromatic N) is 1. The fourth-order valence-electron chi connectivity index (χ4n) is 14.5. The number of rotatable bonds is 8. The number of carbonyl (C=O) groups excluding carboxylic acids is 3. The SMILES string of the molecule is CC12CCC(C(=O)N(Cc3ccccc3)CC3(O)CCC4C56C=CC7(C=C5C(=O)c5ccc(-c8ccccc8)cc5)CC(O)CCC7(C)C6CCC43C)(OC1=O)C2(C)C. The number of benzene rings is 3. The molecule has 1 amide bonds. The van der Waals surface area contributed by atoms with Crippen LogP contribution in [-0.4, -0.2) is 56.6 Å². The number of carbonyl (C=O) groups is 3. The first kappa shape index (κ1) is 38.8. The van der Waals surface area contributed by atoms with E-state index in [-0.39, 0.29) is 48.0 Å². The van der Waals surface area contributed by atoms with E-state index in [0.29, 0.717) is 37.7 Å². The Bertz CT molecular complexity index is 2300. The number of allylic oxidation sites excluding steroid dienone is 4. The minimum absolute atomic E-state index is 0.0229. The van der Waals surface area contributed by atoms with Crippen molar-refractivity contribution in [1.29, 1.82) is 0 Å². The van der Waals surface area contributed by atoms with Crippen LogP contribution in [-0.2, 0) is 20.9 Å². The molecule has 2 spiro atoms. The second kappa shape index (κ2) is 12.6. The number of aliphatic hydroxyl groups excluding tert-OH is 1. The second-order valence-electron chi connectivity index (χ2n) is 20.9. The average molecular weight is 794 g/mol. The maximum Gasteiger partial charge on any atom is 0.313 e. The van der Waals surface area contributed by atoms with E-state index in [1.54, 1.807) is 4.90 Å². The number of fused-ring (bicyclic) bond motifs is 3. The van der Waals surface area contributed by atoms with E-state index >= 15 is 9.59 Å². The van der Waals surface area contributed by atoms with Gasteiger partial charge in [-0.25, -0.2) is 0 Å². The summed E-state index contributed by atoms with van der Waals surface area (Å²) in [5.74, 6) is -0.439. The minimum Gasteiger partial charge on any atom is -0.448 e. The van der Waals surface area contributed by atoms with Crippen molar-refractivity contribution in [3.05, 3.63) is 120 Å². The van der Waals surface area contributed by atoms with Gasteiger partial charge in [0.05, 0.1) is 23.7 Å². The molecule has 7 nitrogen and oxygen atoms in total. The van der Waals surface area contributed by atoms with E-state index in [1.807, 2.05) is 93.6 Å². The van der Waals surface area contributed by atoms with Gasteiger partial charge in [-0.05, 0) is 98.7 Å². The van der Waals surface area contributed by atoms with Crippen molar-refractivity contribution in [2.75, 3.05) is 6.54 Å². The average Bonchev–Trinajstić information content (AvgIpc) is 3.68. The highest BCUT2D eigenvalue weighted by Gasteiger charge is 2.78. The summed E-state index contributed by atoms with van der Waals surface area (Å²) < 4.78 is 6.18. The molecule has 1 aliphatic heterocycles. The molecule has 10 atom stereocenters. The van der Waals surface area contributed by atoms with E-state index in [0.717, 1.165) is 47.9 Å². The lowest BCUT2D eigenvalue weighted by Gasteiger charge is -2.71. The van der Waals surface area contributed by atoms with Crippen LogP contribution < -0.4 is 0 Å². The molecule has 59 heavy (non-hydrogen) atoms. The molecule has 1 saturated heterocycles. The van der Waals surface area contributed by atoms with Gasteiger partial charge in [0.2, 0.25) is 0 Å². The third-order valence-corrected chi connectivity index (χ3v) is 18.6. The Morgan fingerprint density at radius 3 is 2.03 bits per heavy atom. The van der Waals surface area contributed by atoms with Gasteiger partial charge in [0.1, 0.15) is 0 Å². The molecule has 7 aliphatic carbocycles. The predicted octanol–water partition coefficient (Wildman–Crippen LogP) is 9.28. The van der Waals surface area contributed by atoms with Gasteiger partial charge in [-0.2, -0.15) is 0 Å². The molecule has 11 rings (SSSR count). The van der Waals surface area contributed by atoms with Gasteiger partial charge in [0.25, 0.3) is 5.91 Å². The van der Waals surface area contributed by atoms with Crippen molar-refractivity contribution in [3.8, 4) is 11.1 Å². The zero-order valence-electron chi connectivity index (χ0n) is 35.3.